The molecule has 1 saturated heterocycles. The molecule has 46 valence electrons. The fourth-order valence-corrected chi connectivity index (χ4v) is 1.24. The van der Waals surface area contributed by atoms with Crippen molar-refractivity contribution in [2.24, 2.45) is 0 Å². The highest BCUT2D eigenvalue weighted by Crippen LogP contribution is 2.22. The van der Waals surface area contributed by atoms with Gasteiger partial charge < -0.3 is 14.0 Å². The molecule has 0 atom stereocenters. The Bertz CT molecular complexity index is 114. The second-order valence-corrected chi connectivity index (χ2v) is 2.43. The summed E-state index contributed by atoms with van der Waals surface area (Å²) in [6.45, 7) is 1.67. The first kappa shape index (κ1) is 5.71. The van der Waals surface area contributed by atoms with Gasteiger partial charge in [-0.25, -0.2) is 0 Å². The summed E-state index contributed by atoms with van der Waals surface area (Å²) in [5.74, 6) is -1.53. The summed E-state index contributed by atoms with van der Waals surface area (Å²) in [4.78, 5) is 0. The maximum Gasteiger partial charge on any atom is 0.776 e. The second kappa shape index (κ2) is 1.53. The number of hydrogen-bond donors (Lipinski definition) is 1. The molecule has 0 aliphatic carbocycles. The van der Waals surface area contributed by atoms with Crippen LogP contribution in [0.4, 0.5) is 0 Å². The molecule has 4 nitrogen and oxygen atoms in total. The van der Waals surface area contributed by atoms with Gasteiger partial charge in [0.25, 0.3) is 0 Å². The average molecular weight is 134 g/mol. The maximum atomic E-state index is 10.1. The van der Waals surface area contributed by atoms with Crippen LogP contribution in [0.25, 0.3) is 0 Å². The normalized spacial score (nSPS) is 23.0. The summed E-state index contributed by atoms with van der Waals surface area (Å²) in [7, 11) is -2.31. The molecule has 1 aliphatic heterocycles. The zero-order chi connectivity index (χ0) is 6.20. The van der Waals surface area contributed by atoms with Crippen molar-refractivity contribution in [2.75, 3.05) is 0 Å². The van der Waals surface area contributed by atoms with Crippen LogP contribution in [0.2, 0.25) is 0 Å². The molecule has 1 aliphatic rings. The van der Waals surface area contributed by atoms with Gasteiger partial charge in [0.15, 0.2) is 0 Å². The second-order valence-electron chi connectivity index (χ2n) is 1.52. The third-order valence-electron chi connectivity index (χ3n) is 0.932. The summed E-state index contributed by atoms with van der Waals surface area (Å²) in [6, 6.07) is 0. The van der Waals surface area contributed by atoms with Crippen molar-refractivity contribution >= 4 is 9.17 Å². The van der Waals surface area contributed by atoms with Crippen LogP contribution < -0.4 is 0 Å². The van der Waals surface area contributed by atoms with Crippen LogP contribution in [0.15, 0.2) is 0 Å². The van der Waals surface area contributed by atoms with Gasteiger partial charge in [0.2, 0.25) is 0 Å². The molecule has 1 rings (SSSR count). The lowest BCUT2D eigenvalue weighted by Crippen LogP contribution is -2.51. The van der Waals surface area contributed by atoms with E-state index >= 15 is 0 Å². The van der Waals surface area contributed by atoms with E-state index in [1.165, 1.54) is 0 Å². The minimum absolute atomic E-state index is 0.309. The topological polar surface area (TPSA) is 55.8 Å². The van der Waals surface area contributed by atoms with Gasteiger partial charge in [-0.05, 0) is 0 Å². The third kappa shape index (κ3) is 0.739. The molecule has 1 heterocycles. The van der Waals surface area contributed by atoms with Crippen molar-refractivity contribution in [3.05, 3.63) is 0 Å². The SMILES string of the molecule is CCC1(O)O[Si](=O)O1. The quantitative estimate of drug-likeness (QED) is 0.491. The van der Waals surface area contributed by atoms with Gasteiger partial charge in [-0.1, -0.05) is 6.92 Å². The van der Waals surface area contributed by atoms with Crippen LogP contribution in [0, 0.1) is 0 Å². The summed E-state index contributed by atoms with van der Waals surface area (Å²) in [6.07, 6.45) is 0.309. The average Bonchev–Trinajstić information content (AvgIpc) is 1.63. The molecule has 5 heteroatoms. The van der Waals surface area contributed by atoms with Crippen molar-refractivity contribution in [1.82, 2.24) is 0 Å². The predicted octanol–water partition coefficient (Wildman–Crippen LogP) is -0.495. The van der Waals surface area contributed by atoms with Gasteiger partial charge in [0.05, 0.1) is 0 Å². The summed E-state index contributed by atoms with van der Waals surface area (Å²) in [5, 5.41) is 8.77. The molecule has 0 aromatic rings. The highest BCUT2D eigenvalue weighted by Gasteiger charge is 2.47. The summed E-state index contributed by atoms with van der Waals surface area (Å²) < 4.78 is 18.8. The van der Waals surface area contributed by atoms with Gasteiger partial charge in [-0.15, -0.1) is 0 Å². The molecule has 0 aromatic heterocycles. The van der Waals surface area contributed by atoms with Gasteiger partial charge >= 0.3 is 15.1 Å². The zero-order valence-corrected chi connectivity index (χ0v) is 5.38. The molecule has 8 heavy (non-hydrogen) atoms. The van der Waals surface area contributed by atoms with Gasteiger partial charge in [-0.2, -0.15) is 0 Å². The molecule has 1 N–H and O–H groups in total. The van der Waals surface area contributed by atoms with E-state index in [4.69, 9.17) is 5.11 Å². The lowest BCUT2D eigenvalue weighted by atomic mass is 10.4. The molecule has 0 spiro atoms. The fourth-order valence-electron chi connectivity index (χ4n) is 0.412. The Kier molecular flexibility index (Phi) is 1.09. The molecule has 0 bridgehead atoms. The highest BCUT2D eigenvalue weighted by atomic mass is 28.3. The Hall–Kier alpha value is -0.423. The largest absolute Gasteiger partial charge is 0.776 e. The molecule has 0 unspecified atom stereocenters. The van der Waals surface area contributed by atoms with Gasteiger partial charge in [0.1, 0.15) is 0 Å². The minimum Gasteiger partial charge on any atom is -0.436 e. The predicted molar refractivity (Wildman–Crippen MR) is 23.9 cm³/mol. The Morgan fingerprint density at radius 3 is 2.38 bits per heavy atom. The van der Waals surface area contributed by atoms with Crippen molar-refractivity contribution in [1.29, 1.82) is 0 Å². The lowest BCUT2D eigenvalue weighted by Gasteiger charge is -2.33. The van der Waals surface area contributed by atoms with E-state index in [9.17, 15) is 4.46 Å². The van der Waals surface area contributed by atoms with Crippen LogP contribution in [0.1, 0.15) is 13.3 Å². The van der Waals surface area contributed by atoms with E-state index in [1.54, 1.807) is 6.92 Å². The number of hydrogen-bond acceptors (Lipinski definition) is 4. The van der Waals surface area contributed by atoms with E-state index < -0.39 is 15.1 Å². The van der Waals surface area contributed by atoms with Crippen LogP contribution >= 0.6 is 0 Å². The van der Waals surface area contributed by atoms with E-state index in [0.29, 0.717) is 6.42 Å². The Morgan fingerprint density at radius 1 is 1.75 bits per heavy atom. The third-order valence-corrected chi connectivity index (χ3v) is 1.90. The van der Waals surface area contributed by atoms with Crippen molar-refractivity contribution < 1.29 is 18.4 Å². The first-order chi connectivity index (χ1) is 3.66. The van der Waals surface area contributed by atoms with E-state index in [0.717, 1.165) is 0 Å². The van der Waals surface area contributed by atoms with Crippen molar-refractivity contribution in [2.45, 2.75) is 19.3 Å². The Morgan fingerprint density at radius 2 is 2.25 bits per heavy atom. The Balaban J connectivity index is 2.40. The highest BCUT2D eigenvalue weighted by molar-refractivity contribution is 6.28. The van der Waals surface area contributed by atoms with E-state index in [2.05, 4.69) is 8.85 Å². The number of aliphatic hydroxyl groups is 1. The summed E-state index contributed by atoms with van der Waals surface area (Å²) >= 11 is 0. The Labute approximate surface area is 47.9 Å². The van der Waals surface area contributed by atoms with Crippen LogP contribution in [-0.2, 0) is 13.3 Å². The lowest BCUT2D eigenvalue weighted by molar-refractivity contribution is -0.354. The van der Waals surface area contributed by atoms with Crippen molar-refractivity contribution in [3.8, 4) is 0 Å². The van der Waals surface area contributed by atoms with E-state index in [1.807, 2.05) is 0 Å². The fraction of sp³-hybridized carbons (Fsp3) is 1.00. The van der Waals surface area contributed by atoms with Crippen LogP contribution in [0.3, 0.4) is 0 Å². The van der Waals surface area contributed by atoms with Crippen LogP contribution in [-0.4, -0.2) is 20.2 Å². The number of rotatable bonds is 1. The summed E-state index contributed by atoms with van der Waals surface area (Å²) in [5.41, 5.74) is 0. The first-order valence-electron chi connectivity index (χ1n) is 2.30. The molecule has 0 amide bonds. The molecular weight excluding hydrogens is 128 g/mol. The van der Waals surface area contributed by atoms with Gasteiger partial charge in [-0.3, -0.25) is 4.46 Å². The smallest absolute Gasteiger partial charge is 0.436 e. The molecule has 1 fully saturated rings. The zero-order valence-electron chi connectivity index (χ0n) is 4.38. The van der Waals surface area contributed by atoms with Gasteiger partial charge in [0, 0.05) is 6.42 Å². The monoisotopic (exact) mass is 134 g/mol. The van der Waals surface area contributed by atoms with Crippen LogP contribution in [0.5, 0.6) is 0 Å². The molecule has 0 radical (unpaired) electrons. The molecule has 0 aromatic carbocycles. The molecule has 0 saturated carbocycles. The van der Waals surface area contributed by atoms with E-state index in [-0.39, 0.29) is 0 Å². The first-order valence-corrected chi connectivity index (χ1v) is 3.53. The standard InChI is InChI=1S/C3H6O4Si/c1-2-3(4)6-8(5)7-3/h4H,2H2,1H3. The molecular formula is C3H6O4Si. The maximum absolute atomic E-state index is 10.1. The minimum atomic E-state index is -2.31. The van der Waals surface area contributed by atoms with Crippen molar-refractivity contribution in [3.63, 3.8) is 0 Å².